The average Bonchev–Trinajstić information content (AvgIpc) is 3.33. The molecule has 3 rings (SSSR count). The minimum atomic E-state index is -0.659. The van der Waals surface area contributed by atoms with E-state index in [4.69, 9.17) is 13.9 Å². The highest BCUT2D eigenvalue weighted by Crippen LogP contribution is 2.36. The summed E-state index contributed by atoms with van der Waals surface area (Å²) in [4.78, 5) is 48.1. The third-order valence-corrected chi connectivity index (χ3v) is 5.54. The van der Waals surface area contributed by atoms with Crippen molar-refractivity contribution in [3.63, 3.8) is 0 Å². The Bertz CT molecular complexity index is 1110. The van der Waals surface area contributed by atoms with E-state index in [0.717, 1.165) is 4.90 Å². The van der Waals surface area contributed by atoms with Crippen molar-refractivity contribution in [3.05, 3.63) is 51.1 Å². The number of nitro benzene ring substituents is 1. The summed E-state index contributed by atoms with van der Waals surface area (Å²) < 4.78 is 16.1. The van der Waals surface area contributed by atoms with E-state index >= 15 is 0 Å². The molecular formula is C21H20N2O8S. The highest BCUT2D eigenvalue weighted by Gasteiger charge is 2.37. The van der Waals surface area contributed by atoms with Gasteiger partial charge in [-0.2, -0.15) is 0 Å². The van der Waals surface area contributed by atoms with E-state index in [1.807, 2.05) is 6.92 Å². The number of benzene rings is 1. The molecular weight excluding hydrogens is 440 g/mol. The van der Waals surface area contributed by atoms with Gasteiger partial charge in [0.25, 0.3) is 16.8 Å². The molecule has 0 radical (unpaired) electrons. The SMILES string of the molecule is CC[C@@H](C)OC(=O)CN1C(=O)S/C(=C/c2ccc(-c3ccc([N+](=O)[O-])cc3OC)o2)C1=O. The topological polar surface area (TPSA) is 129 Å². The van der Waals surface area contributed by atoms with E-state index in [-0.39, 0.29) is 28.2 Å². The molecule has 1 aromatic heterocycles. The number of esters is 1. The normalized spacial score (nSPS) is 15.8. The minimum absolute atomic E-state index is 0.0999. The Balaban J connectivity index is 1.78. The van der Waals surface area contributed by atoms with Crippen LogP contribution in [0.3, 0.4) is 0 Å². The fraction of sp³-hybridized carbons (Fsp3) is 0.286. The molecule has 1 fully saturated rings. The van der Waals surface area contributed by atoms with Crippen molar-refractivity contribution in [2.24, 2.45) is 0 Å². The lowest BCUT2D eigenvalue weighted by Crippen LogP contribution is -2.35. The van der Waals surface area contributed by atoms with Crippen molar-refractivity contribution < 1.29 is 33.2 Å². The average molecular weight is 460 g/mol. The first-order chi connectivity index (χ1) is 15.2. The third-order valence-electron chi connectivity index (χ3n) is 4.63. The number of amides is 2. The van der Waals surface area contributed by atoms with Crippen molar-refractivity contribution >= 4 is 40.6 Å². The number of non-ortho nitro benzene ring substituents is 1. The van der Waals surface area contributed by atoms with Crippen molar-refractivity contribution in [2.75, 3.05) is 13.7 Å². The summed E-state index contributed by atoms with van der Waals surface area (Å²) in [5, 5.41) is 10.4. The van der Waals surface area contributed by atoms with Crippen LogP contribution in [-0.2, 0) is 14.3 Å². The first-order valence-electron chi connectivity index (χ1n) is 9.61. The number of furan rings is 1. The molecule has 2 amide bonds. The smallest absolute Gasteiger partial charge is 0.326 e. The van der Waals surface area contributed by atoms with Gasteiger partial charge in [-0.1, -0.05) is 6.92 Å². The van der Waals surface area contributed by atoms with E-state index < -0.39 is 28.6 Å². The lowest BCUT2D eigenvalue weighted by Gasteiger charge is -2.14. The maximum atomic E-state index is 12.6. The van der Waals surface area contributed by atoms with Gasteiger partial charge in [0.05, 0.1) is 34.7 Å². The molecule has 1 atom stereocenters. The molecule has 0 aliphatic carbocycles. The van der Waals surface area contributed by atoms with Gasteiger partial charge in [-0.25, -0.2) is 0 Å². The molecule has 0 bridgehead atoms. The van der Waals surface area contributed by atoms with Crippen LogP contribution in [0.15, 0.2) is 39.7 Å². The lowest BCUT2D eigenvalue weighted by molar-refractivity contribution is -0.384. The Morgan fingerprint density at radius 1 is 1.31 bits per heavy atom. The van der Waals surface area contributed by atoms with Crippen LogP contribution in [0.25, 0.3) is 17.4 Å². The van der Waals surface area contributed by atoms with Crippen LogP contribution in [0.1, 0.15) is 26.0 Å². The Labute approximate surface area is 187 Å². The highest BCUT2D eigenvalue weighted by molar-refractivity contribution is 8.18. The number of methoxy groups -OCH3 is 1. The van der Waals surface area contributed by atoms with Crippen LogP contribution in [0, 0.1) is 10.1 Å². The Morgan fingerprint density at radius 3 is 2.72 bits per heavy atom. The molecule has 0 unspecified atom stereocenters. The first kappa shape index (κ1) is 23.1. The van der Waals surface area contributed by atoms with Crippen LogP contribution in [-0.4, -0.2) is 46.7 Å². The van der Waals surface area contributed by atoms with Gasteiger partial charge in [0.15, 0.2) is 0 Å². The van der Waals surface area contributed by atoms with Crippen LogP contribution in [0.4, 0.5) is 10.5 Å². The second-order valence-corrected chi connectivity index (χ2v) is 7.81. The molecule has 2 heterocycles. The van der Waals surface area contributed by atoms with Gasteiger partial charge >= 0.3 is 5.97 Å². The number of carbonyl (C=O) groups is 3. The van der Waals surface area contributed by atoms with Crippen LogP contribution in [0.5, 0.6) is 5.75 Å². The first-order valence-corrected chi connectivity index (χ1v) is 10.4. The number of rotatable bonds is 8. The molecule has 1 aliphatic heterocycles. The summed E-state index contributed by atoms with van der Waals surface area (Å²) in [7, 11) is 1.38. The zero-order chi connectivity index (χ0) is 23.4. The predicted octanol–water partition coefficient (Wildman–Crippen LogP) is 4.24. The van der Waals surface area contributed by atoms with Crippen molar-refractivity contribution in [1.29, 1.82) is 0 Å². The van der Waals surface area contributed by atoms with Gasteiger partial charge in [-0.3, -0.25) is 29.4 Å². The van der Waals surface area contributed by atoms with Gasteiger partial charge in [0.2, 0.25) is 0 Å². The quantitative estimate of drug-likeness (QED) is 0.246. The van der Waals surface area contributed by atoms with E-state index in [2.05, 4.69) is 0 Å². The number of hydrogen-bond donors (Lipinski definition) is 0. The number of nitro groups is 1. The van der Waals surface area contributed by atoms with Gasteiger partial charge in [0.1, 0.15) is 23.8 Å². The Hall–Kier alpha value is -3.60. The molecule has 168 valence electrons. The second-order valence-electron chi connectivity index (χ2n) is 6.82. The monoisotopic (exact) mass is 460 g/mol. The summed E-state index contributed by atoms with van der Waals surface area (Å²) >= 11 is 0.692. The summed E-state index contributed by atoms with van der Waals surface area (Å²) in [6.45, 7) is 3.11. The highest BCUT2D eigenvalue weighted by atomic mass is 32.2. The standard InChI is InChI=1S/C21H20N2O8S/c1-4-12(2)30-19(24)11-22-20(25)18(32-21(22)26)10-14-6-8-16(31-14)15-7-5-13(23(27)28)9-17(15)29-3/h5-10,12H,4,11H2,1-3H3/b18-10+/t12-/m1/s1. The number of nitrogens with zero attached hydrogens (tertiary/aromatic N) is 2. The maximum absolute atomic E-state index is 12.6. The summed E-state index contributed by atoms with van der Waals surface area (Å²) in [5.41, 5.74) is 0.358. The molecule has 32 heavy (non-hydrogen) atoms. The zero-order valence-corrected chi connectivity index (χ0v) is 18.3. The van der Waals surface area contributed by atoms with Crippen LogP contribution < -0.4 is 4.74 Å². The van der Waals surface area contributed by atoms with Crippen molar-refractivity contribution in [3.8, 4) is 17.1 Å². The summed E-state index contributed by atoms with van der Waals surface area (Å²) in [6.07, 6.45) is 1.70. The van der Waals surface area contributed by atoms with Gasteiger partial charge in [-0.05, 0) is 43.3 Å². The number of thioether (sulfide) groups is 1. The number of imide groups is 1. The van der Waals surface area contributed by atoms with E-state index in [9.17, 15) is 24.5 Å². The van der Waals surface area contributed by atoms with Crippen molar-refractivity contribution in [2.45, 2.75) is 26.4 Å². The number of carbonyl (C=O) groups excluding carboxylic acids is 3. The molecule has 2 aromatic rings. The van der Waals surface area contributed by atoms with Gasteiger partial charge in [-0.15, -0.1) is 0 Å². The second kappa shape index (κ2) is 9.69. The molecule has 11 heteroatoms. The summed E-state index contributed by atoms with van der Waals surface area (Å²) in [6, 6.07) is 7.30. The molecule has 0 spiro atoms. The lowest BCUT2D eigenvalue weighted by atomic mass is 10.1. The van der Waals surface area contributed by atoms with Crippen LogP contribution in [0.2, 0.25) is 0 Å². The number of ether oxygens (including phenoxy) is 2. The fourth-order valence-corrected chi connectivity index (χ4v) is 3.63. The number of hydrogen-bond acceptors (Lipinski definition) is 9. The fourth-order valence-electron chi connectivity index (χ4n) is 2.81. The molecule has 1 aliphatic rings. The largest absolute Gasteiger partial charge is 0.496 e. The predicted molar refractivity (Wildman–Crippen MR) is 116 cm³/mol. The Morgan fingerprint density at radius 2 is 2.06 bits per heavy atom. The maximum Gasteiger partial charge on any atom is 0.326 e. The zero-order valence-electron chi connectivity index (χ0n) is 17.5. The molecule has 0 saturated carbocycles. The molecule has 1 aromatic carbocycles. The van der Waals surface area contributed by atoms with E-state index in [0.29, 0.717) is 29.5 Å². The molecule has 1 saturated heterocycles. The van der Waals surface area contributed by atoms with E-state index in [1.54, 1.807) is 19.1 Å². The molecule has 0 N–H and O–H groups in total. The Kier molecular flexibility index (Phi) is 6.98. The van der Waals surface area contributed by atoms with Crippen LogP contribution >= 0.6 is 11.8 Å². The van der Waals surface area contributed by atoms with Gasteiger partial charge in [0, 0.05) is 12.1 Å². The molecule has 10 nitrogen and oxygen atoms in total. The van der Waals surface area contributed by atoms with Gasteiger partial charge < -0.3 is 13.9 Å². The third kappa shape index (κ3) is 4.99. The summed E-state index contributed by atoms with van der Waals surface area (Å²) in [5.74, 6) is -0.381. The minimum Gasteiger partial charge on any atom is -0.496 e. The van der Waals surface area contributed by atoms with Crippen molar-refractivity contribution in [1.82, 2.24) is 4.90 Å². The van der Waals surface area contributed by atoms with E-state index in [1.165, 1.54) is 31.4 Å².